The van der Waals surface area contributed by atoms with Crippen LogP contribution in [0.15, 0.2) is 0 Å². The Hall–Kier alpha value is -1.59. The second kappa shape index (κ2) is 5.59. The van der Waals surface area contributed by atoms with E-state index in [9.17, 15) is 14.4 Å². The van der Waals surface area contributed by atoms with Crippen molar-refractivity contribution in [2.45, 2.75) is 34.1 Å². The van der Waals surface area contributed by atoms with Crippen LogP contribution in [0.2, 0.25) is 0 Å². The molecule has 1 fully saturated rings. The average Bonchev–Trinajstić information content (AvgIpc) is 2.98. The SMILES string of the molecule is CC(C)COC(=O)[C@@H](C)C1C[C@@]1(C)C(=O)NC(N)=O. The molecule has 108 valence electrons. The highest BCUT2D eigenvalue weighted by atomic mass is 16.5. The van der Waals surface area contributed by atoms with Gasteiger partial charge in [-0.3, -0.25) is 14.9 Å². The predicted octanol–water partition coefficient (Wildman–Crippen LogP) is 1.04. The van der Waals surface area contributed by atoms with E-state index in [-0.39, 0.29) is 23.7 Å². The Balaban J connectivity index is 2.52. The highest BCUT2D eigenvalue weighted by Gasteiger charge is 2.59. The van der Waals surface area contributed by atoms with E-state index in [4.69, 9.17) is 10.5 Å². The summed E-state index contributed by atoms with van der Waals surface area (Å²) in [5.74, 6) is -0.906. The lowest BCUT2D eigenvalue weighted by atomic mass is 9.96. The maximum absolute atomic E-state index is 11.8. The van der Waals surface area contributed by atoms with Gasteiger partial charge in [-0.05, 0) is 18.3 Å². The fourth-order valence-electron chi connectivity index (χ4n) is 2.19. The number of rotatable bonds is 5. The highest BCUT2D eigenvalue weighted by molar-refractivity contribution is 5.98. The molecule has 0 saturated heterocycles. The summed E-state index contributed by atoms with van der Waals surface area (Å²) in [5.41, 5.74) is 4.21. The lowest BCUT2D eigenvalue weighted by molar-refractivity contribution is -0.150. The number of carbonyl (C=O) groups excluding carboxylic acids is 3. The van der Waals surface area contributed by atoms with Crippen LogP contribution in [0.3, 0.4) is 0 Å². The first-order valence-corrected chi connectivity index (χ1v) is 6.46. The third kappa shape index (κ3) is 3.68. The monoisotopic (exact) mass is 270 g/mol. The number of amides is 3. The Kier molecular flexibility index (Phi) is 4.55. The minimum Gasteiger partial charge on any atom is -0.465 e. The average molecular weight is 270 g/mol. The largest absolute Gasteiger partial charge is 0.465 e. The first-order valence-electron chi connectivity index (χ1n) is 6.46. The van der Waals surface area contributed by atoms with E-state index < -0.39 is 17.4 Å². The van der Waals surface area contributed by atoms with E-state index in [1.165, 1.54) is 0 Å². The lowest BCUT2D eigenvalue weighted by Crippen LogP contribution is -2.40. The third-order valence-electron chi connectivity index (χ3n) is 3.59. The van der Waals surface area contributed by atoms with E-state index in [1.807, 2.05) is 13.8 Å². The second-order valence-corrected chi connectivity index (χ2v) is 5.86. The summed E-state index contributed by atoms with van der Waals surface area (Å²) >= 11 is 0. The first-order chi connectivity index (χ1) is 8.68. The fourth-order valence-corrected chi connectivity index (χ4v) is 2.19. The van der Waals surface area contributed by atoms with E-state index in [2.05, 4.69) is 5.32 Å². The van der Waals surface area contributed by atoms with Crippen molar-refractivity contribution in [1.29, 1.82) is 0 Å². The van der Waals surface area contributed by atoms with E-state index in [0.29, 0.717) is 13.0 Å². The predicted molar refractivity (Wildman–Crippen MR) is 68.9 cm³/mol. The Morgan fingerprint density at radius 3 is 2.42 bits per heavy atom. The molecule has 0 bridgehead atoms. The molecular weight excluding hydrogens is 248 g/mol. The van der Waals surface area contributed by atoms with Crippen molar-refractivity contribution in [1.82, 2.24) is 5.32 Å². The normalized spacial score (nSPS) is 26.7. The van der Waals surface area contributed by atoms with Gasteiger partial charge < -0.3 is 10.5 Å². The summed E-state index contributed by atoms with van der Waals surface area (Å²) in [7, 11) is 0. The molecular formula is C13H22N2O4. The van der Waals surface area contributed by atoms with Crippen LogP contribution in [0.5, 0.6) is 0 Å². The number of nitrogens with two attached hydrogens (primary N) is 1. The molecule has 3 amide bonds. The number of urea groups is 1. The molecule has 6 nitrogen and oxygen atoms in total. The molecule has 0 aromatic rings. The zero-order chi connectivity index (χ0) is 14.8. The molecule has 1 saturated carbocycles. The van der Waals surface area contributed by atoms with Gasteiger partial charge in [-0.2, -0.15) is 0 Å². The van der Waals surface area contributed by atoms with Crippen molar-refractivity contribution in [2.75, 3.05) is 6.61 Å². The van der Waals surface area contributed by atoms with Crippen LogP contribution in [-0.2, 0) is 14.3 Å². The molecule has 1 aliphatic rings. The van der Waals surface area contributed by atoms with Crippen LogP contribution in [0.25, 0.3) is 0 Å². The molecule has 3 N–H and O–H groups in total. The molecule has 1 rings (SSSR count). The van der Waals surface area contributed by atoms with Gasteiger partial charge in [-0.25, -0.2) is 4.79 Å². The van der Waals surface area contributed by atoms with Gasteiger partial charge in [-0.1, -0.05) is 27.7 Å². The smallest absolute Gasteiger partial charge is 0.318 e. The number of hydrogen-bond acceptors (Lipinski definition) is 4. The van der Waals surface area contributed by atoms with Gasteiger partial charge in [-0.15, -0.1) is 0 Å². The maximum Gasteiger partial charge on any atom is 0.318 e. The summed E-state index contributed by atoms with van der Waals surface area (Å²) in [6.45, 7) is 7.76. The summed E-state index contributed by atoms with van der Waals surface area (Å²) < 4.78 is 5.16. The number of hydrogen-bond donors (Lipinski definition) is 2. The quantitative estimate of drug-likeness (QED) is 0.729. The van der Waals surface area contributed by atoms with Crippen LogP contribution in [0.4, 0.5) is 4.79 Å². The summed E-state index contributed by atoms with van der Waals surface area (Å²) in [6, 6.07) is -0.869. The van der Waals surface area contributed by atoms with Crippen LogP contribution < -0.4 is 11.1 Å². The van der Waals surface area contributed by atoms with Crippen LogP contribution >= 0.6 is 0 Å². The van der Waals surface area contributed by atoms with Crippen LogP contribution in [0.1, 0.15) is 34.1 Å². The molecule has 0 aromatic heterocycles. The van der Waals surface area contributed by atoms with Crippen molar-refractivity contribution in [2.24, 2.45) is 28.9 Å². The number of primary amides is 1. The van der Waals surface area contributed by atoms with Crippen molar-refractivity contribution in [3.8, 4) is 0 Å². The van der Waals surface area contributed by atoms with Crippen molar-refractivity contribution in [3.63, 3.8) is 0 Å². The Morgan fingerprint density at radius 2 is 1.95 bits per heavy atom. The number of carbonyl (C=O) groups is 3. The van der Waals surface area contributed by atoms with Crippen LogP contribution in [-0.4, -0.2) is 24.5 Å². The zero-order valence-corrected chi connectivity index (χ0v) is 11.9. The first kappa shape index (κ1) is 15.5. The summed E-state index contributed by atoms with van der Waals surface area (Å²) in [5, 5.41) is 2.07. The number of imide groups is 1. The van der Waals surface area contributed by atoms with E-state index in [0.717, 1.165) is 0 Å². The molecule has 19 heavy (non-hydrogen) atoms. The van der Waals surface area contributed by atoms with Crippen molar-refractivity contribution < 1.29 is 19.1 Å². The molecule has 0 aromatic carbocycles. The van der Waals surface area contributed by atoms with Gasteiger partial charge in [0.05, 0.1) is 17.9 Å². The molecule has 1 unspecified atom stereocenters. The third-order valence-corrected chi connectivity index (χ3v) is 3.59. The molecule has 0 spiro atoms. The minimum absolute atomic E-state index is 0.105. The number of esters is 1. The second-order valence-electron chi connectivity index (χ2n) is 5.86. The number of ether oxygens (including phenoxy) is 1. The summed E-state index contributed by atoms with van der Waals surface area (Å²) in [4.78, 5) is 34.3. The zero-order valence-electron chi connectivity index (χ0n) is 11.9. The molecule has 0 heterocycles. The van der Waals surface area contributed by atoms with Crippen molar-refractivity contribution in [3.05, 3.63) is 0 Å². The van der Waals surface area contributed by atoms with Crippen LogP contribution in [0, 0.1) is 23.2 Å². The molecule has 0 radical (unpaired) electrons. The summed E-state index contributed by atoms with van der Waals surface area (Å²) in [6.07, 6.45) is 0.560. The minimum atomic E-state index is -0.869. The topological polar surface area (TPSA) is 98.5 Å². The van der Waals surface area contributed by atoms with E-state index >= 15 is 0 Å². The molecule has 3 atom stereocenters. The molecule has 1 aliphatic carbocycles. The highest BCUT2D eigenvalue weighted by Crippen LogP contribution is 2.56. The van der Waals surface area contributed by atoms with Gasteiger partial charge >= 0.3 is 12.0 Å². The molecule has 0 aliphatic heterocycles. The standard InChI is InChI=1S/C13H22N2O4/c1-7(2)6-19-10(16)8(3)9-5-13(9,4)11(17)15-12(14)18/h7-9H,5-6H2,1-4H3,(H3,14,15,17,18)/t8-,9?,13+/m0/s1. The number of nitrogens with one attached hydrogen (secondary N) is 1. The Morgan fingerprint density at radius 1 is 1.37 bits per heavy atom. The fraction of sp³-hybridized carbons (Fsp3) is 0.769. The lowest BCUT2D eigenvalue weighted by Gasteiger charge is -2.15. The van der Waals surface area contributed by atoms with Gasteiger partial charge in [0.1, 0.15) is 0 Å². The Bertz CT molecular complexity index is 394. The Labute approximate surface area is 113 Å². The van der Waals surface area contributed by atoms with Gasteiger partial charge in [0.15, 0.2) is 0 Å². The van der Waals surface area contributed by atoms with Gasteiger partial charge in [0.2, 0.25) is 5.91 Å². The van der Waals surface area contributed by atoms with Gasteiger partial charge in [0, 0.05) is 0 Å². The maximum atomic E-state index is 11.8. The molecule has 6 heteroatoms. The van der Waals surface area contributed by atoms with E-state index in [1.54, 1.807) is 13.8 Å². The van der Waals surface area contributed by atoms with Crippen molar-refractivity contribution >= 4 is 17.9 Å². The van der Waals surface area contributed by atoms with Gasteiger partial charge in [0.25, 0.3) is 0 Å².